The molecule has 0 aromatic carbocycles. The van der Waals surface area contributed by atoms with Crippen molar-refractivity contribution >= 4 is 12.0 Å². The van der Waals surface area contributed by atoms with Gasteiger partial charge in [-0.1, -0.05) is 0 Å². The Morgan fingerprint density at radius 3 is 2.85 bits per heavy atom. The van der Waals surface area contributed by atoms with E-state index in [0.717, 1.165) is 12.8 Å². The second kappa shape index (κ2) is 5.15. The van der Waals surface area contributed by atoms with Crippen molar-refractivity contribution in [1.82, 2.24) is 14.9 Å². The van der Waals surface area contributed by atoms with Crippen LogP contribution >= 0.6 is 0 Å². The first kappa shape index (κ1) is 14.4. The lowest BCUT2D eigenvalue weighted by atomic mass is 10.1. The van der Waals surface area contributed by atoms with Gasteiger partial charge in [0.25, 0.3) is 5.56 Å². The average molecular weight is 280 g/mol. The Balaban J connectivity index is 2.23. The number of anilines is 1. The molecule has 1 aliphatic rings. The van der Waals surface area contributed by atoms with Crippen molar-refractivity contribution in [2.24, 2.45) is 0 Å². The summed E-state index contributed by atoms with van der Waals surface area (Å²) < 4.78 is 5.38. The van der Waals surface area contributed by atoms with Crippen LogP contribution in [-0.2, 0) is 4.74 Å². The van der Waals surface area contributed by atoms with Crippen molar-refractivity contribution in [1.29, 1.82) is 0 Å². The van der Waals surface area contributed by atoms with E-state index in [1.807, 2.05) is 20.8 Å². The number of ether oxygens (including phenoxy) is 1. The molecule has 110 valence electrons. The van der Waals surface area contributed by atoms with Gasteiger partial charge in [-0.2, -0.15) is 0 Å². The number of H-pyrrole nitrogens is 1. The molecule has 1 aromatic rings. The molecule has 2 heterocycles. The van der Waals surface area contributed by atoms with Gasteiger partial charge in [0.1, 0.15) is 5.60 Å². The molecule has 2 rings (SSSR count). The number of rotatable bonds is 1. The number of likely N-dealkylation sites (tertiary alicyclic amines) is 1. The lowest BCUT2D eigenvalue weighted by molar-refractivity contribution is 0.0221. The Hall–Kier alpha value is -2.05. The van der Waals surface area contributed by atoms with Crippen LogP contribution in [0.2, 0.25) is 0 Å². The van der Waals surface area contributed by atoms with Gasteiger partial charge in [-0.25, -0.2) is 9.78 Å². The summed E-state index contributed by atoms with van der Waals surface area (Å²) in [4.78, 5) is 31.8. The summed E-state index contributed by atoms with van der Waals surface area (Å²) in [5, 5.41) is 0. The molecule has 1 unspecified atom stereocenters. The smallest absolute Gasteiger partial charge is 0.410 e. The van der Waals surface area contributed by atoms with E-state index >= 15 is 0 Å². The molecule has 0 spiro atoms. The molecule has 0 aliphatic carbocycles. The quantitative estimate of drug-likeness (QED) is 0.810. The first-order valence-electron chi connectivity index (χ1n) is 6.62. The average Bonchev–Trinajstić information content (AvgIpc) is 2.73. The maximum atomic E-state index is 12.2. The second-order valence-electron chi connectivity index (χ2n) is 5.89. The van der Waals surface area contributed by atoms with Gasteiger partial charge in [-0.3, -0.25) is 14.7 Å². The summed E-state index contributed by atoms with van der Waals surface area (Å²) in [5.41, 5.74) is 5.19. The van der Waals surface area contributed by atoms with Gasteiger partial charge in [0.15, 0.2) is 0 Å². The van der Waals surface area contributed by atoms with Crippen molar-refractivity contribution < 1.29 is 9.53 Å². The molecule has 1 fully saturated rings. The SMILES string of the molecule is CC(C)(C)OC(=O)N1CCCC1c1cc(=O)[nH]c(N)n1. The summed E-state index contributed by atoms with van der Waals surface area (Å²) in [6, 6.07) is 1.12. The molecule has 0 radical (unpaired) electrons. The van der Waals surface area contributed by atoms with E-state index in [1.165, 1.54) is 6.07 Å². The van der Waals surface area contributed by atoms with Crippen LogP contribution in [0.15, 0.2) is 10.9 Å². The fourth-order valence-corrected chi connectivity index (χ4v) is 2.28. The highest BCUT2D eigenvalue weighted by molar-refractivity contribution is 5.69. The Morgan fingerprint density at radius 1 is 1.55 bits per heavy atom. The normalized spacial score (nSPS) is 19.1. The number of aromatic nitrogens is 2. The zero-order valence-corrected chi connectivity index (χ0v) is 12.0. The maximum Gasteiger partial charge on any atom is 0.410 e. The number of hydrogen-bond acceptors (Lipinski definition) is 5. The Labute approximate surface area is 117 Å². The lowest BCUT2D eigenvalue weighted by Crippen LogP contribution is -2.37. The first-order chi connectivity index (χ1) is 9.26. The van der Waals surface area contributed by atoms with Gasteiger partial charge < -0.3 is 10.5 Å². The van der Waals surface area contributed by atoms with Crippen LogP contribution in [0.25, 0.3) is 0 Å². The van der Waals surface area contributed by atoms with Crippen LogP contribution in [0, 0.1) is 0 Å². The van der Waals surface area contributed by atoms with Crippen LogP contribution in [0.1, 0.15) is 45.3 Å². The van der Waals surface area contributed by atoms with E-state index in [1.54, 1.807) is 4.90 Å². The fraction of sp³-hybridized carbons (Fsp3) is 0.615. The third-order valence-electron chi connectivity index (χ3n) is 3.00. The molecule has 0 bridgehead atoms. The van der Waals surface area contributed by atoms with E-state index in [0.29, 0.717) is 12.2 Å². The number of nitrogen functional groups attached to an aromatic ring is 1. The minimum atomic E-state index is -0.551. The predicted molar refractivity (Wildman–Crippen MR) is 74.2 cm³/mol. The van der Waals surface area contributed by atoms with E-state index in [-0.39, 0.29) is 23.6 Å². The van der Waals surface area contributed by atoms with Crippen molar-refractivity contribution in [3.8, 4) is 0 Å². The molecule has 1 aromatic heterocycles. The third kappa shape index (κ3) is 3.28. The van der Waals surface area contributed by atoms with E-state index in [9.17, 15) is 9.59 Å². The molecule has 7 heteroatoms. The Bertz CT molecular complexity index is 561. The summed E-state index contributed by atoms with van der Waals surface area (Å²) in [5.74, 6) is 0.0588. The highest BCUT2D eigenvalue weighted by atomic mass is 16.6. The Morgan fingerprint density at radius 2 is 2.25 bits per heavy atom. The number of carbonyl (C=O) groups excluding carboxylic acids is 1. The third-order valence-corrected chi connectivity index (χ3v) is 3.00. The molecule has 7 nitrogen and oxygen atoms in total. The Kier molecular flexibility index (Phi) is 3.69. The van der Waals surface area contributed by atoms with Gasteiger partial charge in [-0.15, -0.1) is 0 Å². The number of hydrogen-bond donors (Lipinski definition) is 2. The molecular weight excluding hydrogens is 260 g/mol. The monoisotopic (exact) mass is 280 g/mol. The highest BCUT2D eigenvalue weighted by Crippen LogP contribution is 2.31. The number of aromatic amines is 1. The van der Waals surface area contributed by atoms with Gasteiger partial charge in [-0.05, 0) is 33.6 Å². The van der Waals surface area contributed by atoms with Crippen molar-refractivity contribution in [2.45, 2.75) is 45.3 Å². The maximum absolute atomic E-state index is 12.2. The number of nitrogens with one attached hydrogen (secondary N) is 1. The fourth-order valence-electron chi connectivity index (χ4n) is 2.28. The van der Waals surface area contributed by atoms with Crippen molar-refractivity contribution in [3.63, 3.8) is 0 Å². The molecule has 3 N–H and O–H groups in total. The largest absolute Gasteiger partial charge is 0.444 e. The summed E-state index contributed by atoms with van der Waals surface area (Å²) in [6.45, 7) is 6.05. The molecule has 1 amide bonds. The number of nitrogens with zero attached hydrogens (tertiary/aromatic N) is 2. The van der Waals surface area contributed by atoms with Crippen molar-refractivity contribution in [2.75, 3.05) is 12.3 Å². The van der Waals surface area contributed by atoms with Gasteiger partial charge in [0.2, 0.25) is 5.95 Å². The van der Waals surface area contributed by atoms with Gasteiger partial charge in [0, 0.05) is 12.6 Å². The minimum absolute atomic E-state index is 0.0588. The molecular formula is C13H20N4O3. The number of nitrogens with two attached hydrogens (primary N) is 1. The summed E-state index contributed by atoms with van der Waals surface area (Å²) >= 11 is 0. The zero-order valence-electron chi connectivity index (χ0n) is 12.0. The number of amides is 1. The van der Waals surface area contributed by atoms with Crippen LogP contribution in [0.5, 0.6) is 0 Å². The van der Waals surface area contributed by atoms with Crippen LogP contribution in [0.3, 0.4) is 0 Å². The van der Waals surface area contributed by atoms with E-state index < -0.39 is 5.60 Å². The van der Waals surface area contributed by atoms with Crippen LogP contribution in [0.4, 0.5) is 10.7 Å². The first-order valence-corrected chi connectivity index (χ1v) is 6.62. The van der Waals surface area contributed by atoms with Crippen molar-refractivity contribution in [3.05, 3.63) is 22.1 Å². The standard InChI is InChI=1S/C13H20N4O3/c1-13(2,3)20-12(19)17-6-4-5-9(17)8-7-10(18)16-11(14)15-8/h7,9H,4-6H2,1-3H3,(H3,14,15,16,18). The second-order valence-corrected chi connectivity index (χ2v) is 5.89. The lowest BCUT2D eigenvalue weighted by Gasteiger charge is -2.28. The van der Waals surface area contributed by atoms with Gasteiger partial charge >= 0.3 is 6.09 Å². The summed E-state index contributed by atoms with van der Waals surface area (Å²) in [6.07, 6.45) is 1.20. The molecule has 1 aliphatic heterocycles. The molecule has 0 saturated carbocycles. The van der Waals surface area contributed by atoms with E-state index in [2.05, 4.69) is 9.97 Å². The summed E-state index contributed by atoms with van der Waals surface area (Å²) in [7, 11) is 0. The zero-order chi connectivity index (χ0) is 14.9. The topological polar surface area (TPSA) is 101 Å². The van der Waals surface area contributed by atoms with Crippen LogP contribution < -0.4 is 11.3 Å². The van der Waals surface area contributed by atoms with E-state index in [4.69, 9.17) is 10.5 Å². The van der Waals surface area contributed by atoms with Crippen LogP contribution in [-0.4, -0.2) is 33.1 Å². The molecule has 1 atom stereocenters. The predicted octanol–water partition coefficient (Wildman–Crippen LogP) is 1.42. The molecule has 20 heavy (non-hydrogen) atoms. The molecule has 1 saturated heterocycles. The minimum Gasteiger partial charge on any atom is -0.444 e. The number of carbonyl (C=O) groups is 1. The van der Waals surface area contributed by atoms with Gasteiger partial charge in [0.05, 0.1) is 11.7 Å². The highest BCUT2D eigenvalue weighted by Gasteiger charge is 2.34.